The Morgan fingerprint density at radius 3 is 2.48 bits per heavy atom. The number of carbonyl (C=O) groups is 1. The quantitative estimate of drug-likeness (QED) is 0.608. The molecule has 0 aliphatic heterocycles. The standard InChI is InChI=1S/C14H19ClN2O3S/c1-4-14(5-2,21-3)9-16-13(18)11-7-6-10(17(19)20)8-12(11)15/h6-8H,4-5,9H2,1-3H3,(H,16,18). The molecular formula is C14H19ClN2O3S. The monoisotopic (exact) mass is 330 g/mol. The number of halogens is 1. The summed E-state index contributed by atoms with van der Waals surface area (Å²) >= 11 is 7.68. The Hall–Kier alpha value is -1.27. The van der Waals surface area contributed by atoms with Crippen LogP contribution in [0.15, 0.2) is 18.2 Å². The summed E-state index contributed by atoms with van der Waals surface area (Å²) in [5.74, 6) is -0.310. The molecule has 21 heavy (non-hydrogen) atoms. The van der Waals surface area contributed by atoms with Crippen LogP contribution in [0.2, 0.25) is 5.02 Å². The van der Waals surface area contributed by atoms with Crippen LogP contribution in [0.1, 0.15) is 37.0 Å². The molecule has 1 amide bonds. The minimum atomic E-state index is -0.541. The van der Waals surface area contributed by atoms with Gasteiger partial charge in [-0.05, 0) is 25.2 Å². The summed E-state index contributed by atoms with van der Waals surface area (Å²) < 4.78 is 0.00289. The molecule has 116 valence electrons. The van der Waals surface area contributed by atoms with Crippen molar-refractivity contribution >= 4 is 35.0 Å². The number of non-ortho nitro benzene ring substituents is 1. The summed E-state index contributed by atoms with van der Waals surface area (Å²) in [5, 5.41) is 13.6. The van der Waals surface area contributed by atoms with E-state index in [4.69, 9.17) is 11.6 Å². The molecule has 0 fully saturated rings. The highest BCUT2D eigenvalue weighted by atomic mass is 35.5. The highest BCUT2D eigenvalue weighted by Crippen LogP contribution is 2.30. The van der Waals surface area contributed by atoms with E-state index < -0.39 is 4.92 Å². The fraction of sp³-hybridized carbons (Fsp3) is 0.500. The normalized spacial score (nSPS) is 11.2. The number of rotatable bonds is 7. The lowest BCUT2D eigenvalue weighted by molar-refractivity contribution is -0.384. The molecule has 0 bridgehead atoms. The molecule has 7 heteroatoms. The topological polar surface area (TPSA) is 72.2 Å². The highest BCUT2D eigenvalue weighted by Gasteiger charge is 2.26. The summed E-state index contributed by atoms with van der Waals surface area (Å²) in [6.07, 6.45) is 3.91. The van der Waals surface area contributed by atoms with Crippen LogP contribution < -0.4 is 5.32 Å². The molecule has 0 heterocycles. The van der Waals surface area contributed by atoms with Gasteiger partial charge in [-0.1, -0.05) is 25.4 Å². The van der Waals surface area contributed by atoms with Crippen LogP contribution in [-0.4, -0.2) is 28.4 Å². The number of nitrogens with zero attached hydrogens (tertiary/aromatic N) is 1. The van der Waals surface area contributed by atoms with Gasteiger partial charge in [0.1, 0.15) is 0 Å². The van der Waals surface area contributed by atoms with Gasteiger partial charge >= 0.3 is 0 Å². The van der Waals surface area contributed by atoms with Crippen molar-refractivity contribution < 1.29 is 9.72 Å². The van der Waals surface area contributed by atoms with E-state index in [0.29, 0.717) is 6.54 Å². The summed E-state index contributed by atoms with van der Waals surface area (Å²) in [7, 11) is 0. The number of amides is 1. The Morgan fingerprint density at radius 2 is 2.05 bits per heavy atom. The third-order valence-electron chi connectivity index (χ3n) is 3.70. The zero-order chi connectivity index (χ0) is 16.0. The first-order chi connectivity index (χ1) is 9.89. The number of hydrogen-bond donors (Lipinski definition) is 1. The first-order valence-corrected chi connectivity index (χ1v) is 8.26. The van der Waals surface area contributed by atoms with Crippen LogP contribution in [0.3, 0.4) is 0 Å². The summed E-state index contributed by atoms with van der Waals surface area (Å²) in [4.78, 5) is 22.3. The van der Waals surface area contributed by atoms with Crippen LogP contribution >= 0.6 is 23.4 Å². The van der Waals surface area contributed by atoms with E-state index in [0.717, 1.165) is 12.8 Å². The molecule has 0 aromatic heterocycles. The molecule has 1 aromatic carbocycles. The fourth-order valence-electron chi connectivity index (χ4n) is 2.00. The summed E-state index contributed by atoms with van der Waals surface area (Å²) in [6, 6.07) is 3.86. The third kappa shape index (κ3) is 4.35. The highest BCUT2D eigenvalue weighted by molar-refractivity contribution is 8.00. The van der Waals surface area contributed by atoms with Crippen LogP contribution in [0.4, 0.5) is 5.69 Å². The molecule has 0 saturated carbocycles. The molecule has 0 atom stereocenters. The number of nitro benzene ring substituents is 1. The molecule has 0 saturated heterocycles. The van der Waals surface area contributed by atoms with E-state index in [1.807, 2.05) is 6.26 Å². The van der Waals surface area contributed by atoms with Crippen molar-refractivity contribution in [1.82, 2.24) is 5.32 Å². The molecular weight excluding hydrogens is 312 g/mol. The third-order valence-corrected chi connectivity index (χ3v) is 5.60. The second kappa shape index (κ2) is 7.66. The largest absolute Gasteiger partial charge is 0.351 e. The SMILES string of the molecule is CCC(CC)(CNC(=O)c1ccc([N+](=O)[O-])cc1Cl)SC. The molecule has 0 radical (unpaired) electrons. The fourth-order valence-corrected chi connectivity index (χ4v) is 3.05. The maximum absolute atomic E-state index is 12.2. The molecule has 0 aliphatic rings. The van der Waals surface area contributed by atoms with Crippen molar-refractivity contribution in [2.45, 2.75) is 31.4 Å². The Morgan fingerprint density at radius 1 is 1.43 bits per heavy atom. The van der Waals surface area contributed by atoms with E-state index in [1.54, 1.807) is 11.8 Å². The van der Waals surface area contributed by atoms with Gasteiger partial charge in [-0.15, -0.1) is 0 Å². The number of carbonyl (C=O) groups excluding carboxylic acids is 1. The van der Waals surface area contributed by atoms with Gasteiger partial charge in [0.2, 0.25) is 0 Å². The van der Waals surface area contributed by atoms with E-state index in [1.165, 1.54) is 18.2 Å². The first-order valence-electron chi connectivity index (χ1n) is 6.66. The molecule has 0 aliphatic carbocycles. The number of nitrogens with one attached hydrogen (secondary N) is 1. The van der Waals surface area contributed by atoms with E-state index in [9.17, 15) is 14.9 Å². The van der Waals surface area contributed by atoms with Crippen LogP contribution in [0, 0.1) is 10.1 Å². The van der Waals surface area contributed by atoms with Gasteiger partial charge in [0.15, 0.2) is 0 Å². The van der Waals surface area contributed by atoms with Gasteiger partial charge in [0, 0.05) is 23.4 Å². The average Bonchev–Trinajstić information content (AvgIpc) is 2.48. The molecule has 0 unspecified atom stereocenters. The van der Waals surface area contributed by atoms with Crippen LogP contribution in [0.25, 0.3) is 0 Å². The van der Waals surface area contributed by atoms with Gasteiger partial charge in [-0.2, -0.15) is 11.8 Å². The zero-order valence-electron chi connectivity index (χ0n) is 12.3. The minimum absolute atomic E-state index is 0.00289. The minimum Gasteiger partial charge on any atom is -0.351 e. The van der Waals surface area contributed by atoms with E-state index in [2.05, 4.69) is 19.2 Å². The van der Waals surface area contributed by atoms with Crippen LogP contribution in [0.5, 0.6) is 0 Å². The second-order valence-electron chi connectivity index (χ2n) is 4.70. The maximum Gasteiger partial charge on any atom is 0.270 e. The zero-order valence-corrected chi connectivity index (χ0v) is 13.9. The maximum atomic E-state index is 12.2. The van der Waals surface area contributed by atoms with Crippen molar-refractivity contribution in [2.75, 3.05) is 12.8 Å². The first kappa shape index (κ1) is 17.8. The Balaban J connectivity index is 2.83. The van der Waals surface area contributed by atoms with Gasteiger partial charge < -0.3 is 5.32 Å². The van der Waals surface area contributed by atoms with Crippen molar-refractivity contribution in [3.05, 3.63) is 38.9 Å². The van der Waals surface area contributed by atoms with E-state index in [-0.39, 0.29) is 26.9 Å². The van der Waals surface area contributed by atoms with Gasteiger partial charge in [-0.3, -0.25) is 14.9 Å². The van der Waals surface area contributed by atoms with Crippen molar-refractivity contribution in [3.63, 3.8) is 0 Å². The Kier molecular flexibility index (Phi) is 6.48. The predicted octanol–water partition coefficient (Wildman–Crippen LogP) is 3.90. The molecule has 1 aromatic rings. The number of thioether (sulfide) groups is 1. The smallest absolute Gasteiger partial charge is 0.270 e. The molecule has 0 spiro atoms. The Labute approximate surface area is 133 Å². The lowest BCUT2D eigenvalue weighted by atomic mass is 10.0. The summed E-state index contributed by atoms with van der Waals surface area (Å²) in [6.45, 7) is 4.71. The summed E-state index contributed by atoms with van der Waals surface area (Å²) in [5.41, 5.74) is 0.126. The second-order valence-corrected chi connectivity index (χ2v) is 6.38. The Bertz CT molecular complexity index is 525. The molecule has 1 N–H and O–H groups in total. The number of nitro groups is 1. The predicted molar refractivity (Wildman–Crippen MR) is 87.3 cm³/mol. The van der Waals surface area contributed by atoms with Crippen molar-refractivity contribution in [2.24, 2.45) is 0 Å². The lowest BCUT2D eigenvalue weighted by Gasteiger charge is -2.29. The van der Waals surface area contributed by atoms with Gasteiger partial charge in [0.05, 0.1) is 15.5 Å². The molecule has 5 nitrogen and oxygen atoms in total. The lowest BCUT2D eigenvalue weighted by Crippen LogP contribution is -2.39. The van der Waals surface area contributed by atoms with Gasteiger partial charge in [0.25, 0.3) is 11.6 Å². The number of benzene rings is 1. The van der Waals surface area contributed by atoms with Crippen LogP contribution in [-0.2, 0) is 0 Å². The molecule has 1 rings (SSSR count). The number of hydrogen-bond acceptors (Lipinski definition) is 4. The van der Waals surface area contributed by atoms with Gasteiger partial charge in [-0.25, -0.2) is 0 Å². The van der Waals surface area contributed by atoms with Crippen molar-refractivity contribution in [1.29, 1.82) is 0 Å². The van der Waals surface area contributed by atoms with Crippen molar-refractivity contribution in [3.8, 4) is 0 Å². The average molecular weight is 331 g/mol. The van der Waals surface area contributed by atoms with E-state index >= 15 is 0 Å².